The van der Waals surface area contributed by atoms with Crippen molar-refractivity contribution in [2.24, 2.45) is 0 Å². The van der Waals surface area contributed by atoms with E-state index in [-0.39, 0.29) is 18.9 Å². The zero-order valence-electron chi connectivity index (χ0n) is 18.3. The smallest absolute Gasteiger partial charge is 0.383 e. The molecule has 0 bridgehead atoms. The van der Waals surface area contributed by atoms with E-state index in [0.717, 1.165) is 32.2 Å². The van der Waals surface area contributed by atoms with Crippen LogP contribution < -0.4 is 16.0 Å². The van der Waals surface area contributed by atoms with Gasteiger partial charge in [0.1, 0.15) is 11.6 Å². The van der Waals surface area contributed by atoms with E-state index in [1.54, 1.807) is 17.3 Å². The molecule has 0 amide bonds. The Morgan fingerprint density at radius 2 is 1.94 bits per heavy atom. The van der Waals surface area contributed by atoms with Crippen molar-refractivity contribution in [1.82, 2.24) is 24.7 Å². The van der Waals surface area contributed by atoms with Crippen LogP contribution in [0.1, 0.15) is 22.8 Å². The molecule has 3 N–H and O–H groups in total. The van der Waals surface area contributed by atoms with E-state index in [1.807, 2.05) is 37.3 Å². The van der Waals surface area contributed by atoms with Gasteiger partial charge in [-0.15, -0.1) is 10.2 Å². The van der Waals surface area contributed by atoms with Crippen molar-refractivity contribution >= 4 is 33.8 Å². The zero-order valence-corrected chi connectivity index (χ0v) is 18.3. The van der Waals surface area contributed by atoms with E-state index < -0.39 is 12.0 Å². The quantitative estimate of drug-likeness (QED) is 0.464. The highest BCUT2D eigenvalue weighted by Gasteiger charge is 2.40. The maximum absolute atomic E-state index is 13.2. The van der Waals surface area contributed by atoms with Gasteiger partial charge in [-0.3, -0.25) is 0 Å². The average Bonchev–Trinajstić information content (AvgIpc) is 3.25. The van der Waals surface area contributed by atoms with Crippen LogP contribution in [-0.4, -0.2) is 31.3 Å². The standard InChI is InChI=1S/C23H21F3N8/c1-13-10-19(33-8-9-34-21(14(33)2)31-32-22(34)23(24,25)26)30-12-15(13)11-29-18-5-3-4-17-16(18)6-7-28-20(17)27/h3-7,10,12,29H,2,8-9,11H2,1H3,(H2,27,28). The van der Waals surface area contributed by atoms with E-state index in [4.69, 9.17) is 5.73 Å². The summed E-state index contributed by atoms with van der Waals surface area (Å²) in [4.78, 5) is 10.4. The van der Waals surface area contributed by atoms with Gasteiger partial charge >= 0.3 is 6.18 Å². The summed E-state index contributed by atoms with van der Waals surface area (Å²) in [5.41, 5.74) is 9.20. The second-order valence-corrected chi connectivity index (χ2v) is 8.01. The van der Waals surface area contributed by atoms with Crippen LogP contribution in [0.2, 0.25) is 0 Å². The Hall–Kier alpha value is -4.15. The molecule has 0 spiro atoms. The first-order valence-electron chi connectivity index (χ1n) is 10.5. The summed E-state index contributed by atoms with van der Waals surface area (Å²) in [6, 6.07) is 9.62. The van der Waals surface area contributed by atoms with Crippen LogP contribution in [0.5, 0.6) is 0 Å². The number of alkyl halides is 3. The molecule has 11 heteroatoms. The molecule has 1 aromatic carbocycles. The van der Waals surface area contributed by atoms with Crippen LogP contribution in [0.4, 0.5) is 30.5 Å². The average molecular weight is 466 g/mol. The van der Waals surface area contributed by atoms with Gasteiger partial charge in [0.25, 0.3) is 0 Å². The van der Waals surface area contributed by atoms with Crippen LogP contribution >= 0.6 is 0 Å². The Morgan fingerprint density at radius 3 is 2.71 bits per heavy atom. The van der Waals surface area contributed by atoms with Crippen molar-refractivity contribution in [3.8, 4) is 0 Å². The van der Waals surface area contributed by atoms with E-state index in [2.05, 4.69) is 32.1 Å². The minimum absolute atomic E-state index is 0.0826. The first kappa shape index (κ1) is 21.7. The molecule has 1 aliphatic heterocycles. The van der Waals surface area contributed by atoms with Gasteiger partial charge in [-0.2, -0.15) is 13.2 Å². The molecule has 4 aromatic rings. The molecule has 3 aromatic heterocycles. The molecule has 0 radical (unpaired) electrons. The van der Waals surface area contributed by atoms with Gasteiger partial charge in [0, 0.05) is 48.5 Å². The number of fused-ring (bicyclic) bond motifs is 2. The minimum atomic E-state index is -4.57. The summed E-state index contributed by atoms with van der Waals surface area (Å²) in [6.07, 6.45) is -1.13. The lowest BCUT2D eigenvalue weighted by Gasteiger charge is -2.31. The number of pyridine rings is 2. The third-order valence-corrected chi connectivity index (χ3v) is 5.92. The third kappa shape index (κ3) is 3.68. The number of nitrogens with one attached hydrogen (secondary N) is 1. The SMILES string of the molecule is C=C1c2nnc(C(F)(F)F)n2CCN1c1cc(C)c(CNc2cccc3c(N)nccc23)cn1. The lowest BCUT2D eigenvalue weighted by Crippen LogP contribution is -2.34. The summed E-state index contributed by atoms with van der Waals surface area (Å²) in [5, 5.41) is 12.3. The lowest BCUT2D eigenvalue weighted by atomic mass is 10.1. The van der Waals surface area contributed by atoms with E-state index in [9.17, 15) is 13.2 Å². The first-order valence-corrected chi connectivity index (χ1v) is 10.5. The molecule has 1 aliphatic rings. The molecule has 8 nitrogen and oxygen atoms in total. The number of halogens is 3. The van der Waals surface area contributed by atoms with E-state index in [1.165, 1.54) is 0 Å². The Morgan fingerprint density at radius 1 is 1.12 bits per heavy atom. The molecule has 0 unspecified atom stereocenters. The first-order chi connectivity index (χ1) is 16.2. The Kier molecular flexibility index (Phi) is 5.11. The molecule has 5 rings (SSSR count). The molecule has 0 saturated heterocycles. The van der Waals surface area contributed by atoms with Crippen LogP contribution in [0.25, 0.3) is 16.5 Å². The normalized spacial score (nSPS) is 13.9. The van der Waals surface area contributed by atoms with E-state index >= 15 is 0 Å². The third-order valence-electron chi connectivity index (χ3n) is 5.92. The van der Waals surface area contributed by atoms with Crippen molar-refractivity contribution in [2.45, 2.75) is 26.2 Å². The second kappa shape index (κ2) is 8.01. The summed E-state index contributed by atoms with van der Waals surface area (Å²) >= 11 is 0. The predicted octanol–water partition coefficient (Wildman–Crippen LogP) is 4.23. The number of aromatic nitrogens is 5. The molecule has 0 saturated carbocycles. The summed E-state index contributed by atoms with van der Waals surface area (Å²) in [5.74, 6) is 0.148. The Labute approximate surface area is 192 Å². The Bertz CT molecular complexity index is 1410. The fourth-order valence-corrected chi connectivity index (χ4v) is 4.12. The lowest BCUT2D eigenvalue weighted by molar-refractivity contribution is -0.147. The van der Waals surface area contributed by atoms with Crippen LogP contribution in [0, 0.1) is 6.92 Å². The number of aryl methyl sites for hydroxylation is 1. The van der Waals surface area contributed by atoms with Gasteiger partial charge in [-0.1, -0.05) is 18.7 Å². The van der Waals surface area contributed by atoms with Crippen LogP contribution in [0.3, 0.4) is 0 Å². The van der Waals surface area contributed by atoms with Crippen molar-refractivity contribution in [3.05, 3.63) is 72.1 Å². The second-order valence-electron chi connectivity index (χ2n) is 8.01. The highest BCUT2D eigenvalue weighted by molar-refractivity contribution is 5.99. The number of hydrogen-bond acceptors (Lipinski definition) is 7. The number of nitrogens with two attached hydrogens (primary N) is 1. The summed E-state index contributed by atoms with van der Waals surface area (Å²) in [6.45, 7) is 6.80. The number of rotatable bonds is 4. The molecular weight excluding hydrogens is 445 g/mol. The van der Waals surface area contributed by atoms with Crippen LogP contribution in [0.15, 0.2) is 49.3 Å². The molecular formula is C23H21F3N8. The molecule has 4 heterocycles. The van der Waals surface area contributed by atoms with Crippen molar-refractivity contribution in [2.75, 3.05) is 22.5 Å². The minimum Gasteiger partial charge on any atom is -0.383 e. The number of nitrogen functional groups attached to an aromatic ring is 1. The van der Waals surface area contributed by atoms with Gasteiger partial charge in [0.05, 0.1) is 5.70 Å². The number of benzene rings is 1. The molecule has 0 aliphatic carbocycles. The van der Waals surface area contributed by atoms with E-state index in [0.29, 0.717) is 23.9 Å². The molecule has 34 heavy (non-hydrogen) atoms. The summed E-state index contributed by atoms with van der Waals surface area (Å²) in [7, 11) is 0. The predicted molar refractivity (Wildman–Crippen MR) is 124 cm³/mol. The Balaban J connectivity index is 1.35. The molecule has 0 fully saturated rings. The maximum Gasteiger partial charge on any atom is 0.451 e. The van der Waals surface area contributed by atoms with Crippen molar-refractivity contribution in [3.63, 3.8) is 0 Å². The fraction of sp³-hybridized carbons (Fsp3) is 0.217. The highest BCUT2D eigenvalue weighted by Crippen LogP contribution is 2.34. The zero-order chi connectivity index (χ0) is 24.0. The van der Waals surface area contributed by atoms with Gasteiger partial charge in [-0.05, 0) is 36.2 Å². The van der Waals surface area contributed by atoms with Crippen LogP contribution in [-0.2, 0) is 19.3 Å². The van der Waals surface area contributed by atoms with Crippen molar-refractivity contribution in [1.29, 1.82) is 0 Å². The van der Waals surface area contributed by atoms with Gasteiger partial charge < -0.3 is 20.5 Å². The monoisotopic (exact) mass is 466 g/mol. The number of hydrogen-bond donors (Lipinski definition) is 2. The topological polar surface area (TPSA) is 97.8 Å². The largest absolute Gasteiger partial charge is 0.451 e. The number of nitrogens with zero attached hydrogens (tertiary/aromatic N) is 6. The van der Waals surface area contributed by atoms with Crippen molar-refractivity contribution < 1.29 is 13.2 Å². The van der Waals surface area contributed by atoms with Gasteiger partial charge in [0.2, 0.25) is 5.82 Å². The highest BCUT2D eigenvalue weighted by atomic mass is 19.4. The fourth-order valence-electron chi connectivity index (χ4n) is 4.12. The molecule has 174 valence electrons. The van der Waals surface area contributed by atoms with Gasteiger partial charge in [0.15, 0.2) is 5.82 Å². The maximum atomic E-state index is 13.2. The summed E-state index contributed by atoms with van der Waals surface area (Å²) < 4.78 is 40.5. The number of anilines is 3. The molecule has 0 atom stereocenters. The van der Waals surface area contributed by atoms with Gasteiger partial charge in [-0.25, -0.2) is 9.97 Å².